The van der Waals surface area contributed by atoms with Gasteiger partial charge in [-0.1, -0.05) is 11.8 Å². The standard InChI is InChI=1S/C13H16FN5OS/c1-2-19-12(17-18-13(19)21-8-11(15)20)7-16-10-5-3-9(14)4-6-10/h3-6,16H,2,7-8H2,1H3,(H2,15,20). The van der Waals surface area contributed by atoms with Gasteiger partial charge in [0.2, 0.25) is 5.91 Å². The lowest BCUT2D eigenvalue weighted by atomic mass is 10.3. The van der Waals surface area contributed by atoms with E-state index in [0.29, 0.717) is 18.2 Å². The van der Waals surface area contributed by atoms with Crippen molar-refractivity contribution in [1.29, 1.82) is 0 Å². The Balaban J connectivity index is 2.02. The number of nitrogens with one attached hydrogen (secondary N) is 1. The minimum atomic E-state index is -0.392. The number of thioether (sulfide) groups is 1. The molecule has 1 amide bonds. The first kappa shape index (κ1) is 15.3. The third kappa shape index (κ3) is 4.19. The molecule has 3 N–H and O–H groups in total. The van der Waals surface area contributed by atoms with Crippen LogP contribution >= 0.6 is 11.8 Å². The molecule has 0 saturated heterocycles. The third-order valence-electron chi connectivity index (χ3n) is 2.75. The number of primary amides is 1. The summed E-state index contributed by atoms with van der Waals surface area (Å²) in [6, 6.07) is 6.09. The van der Waals surface area contributed by atoms with E-state index in [2.05, 4.69) is 15.5 Å². The fraction of sp³-hybridized carbons (Fsp3) is 0.308. The predicted molar refractivity (Wildman–Crippen MR) is 79.3 cm³/mol. The maximum atomic E-state index is 12.8. The molecule has 0 spiro atoms. The Morgan fingerprint density at radius 1 is 1.38 bits per heavy atom. The zero-order valence-corrected chi connectivity index (χ0v) is 12.4. The summed E-state index contributed by atoms with van der Waals surface area (Å²) in [5, 5.41) is 12.0. The van der Waals surface area contributed by atoms with Crippen LogP contribution in [-0.2, 0) is 17.9 Å². The Morgan fingerprint density at radius 3 is 2.71 bits per heavy atom. The number of hydrogen-bond acceptors (Lipinski definition) is 5. The van der Waals surface area contributed by atoms with Gasteiger partial charge in [0.05, 0.1) is 12.3 Å². The summed E-state index contributed by atoms with van der Waals surface area (Å²) >= 11 is 1.26. The molecule has 0 radical (unpaired) electrons. The Morgan fingerprint density at radius 2 is 2.10 bits per heavy atom. The number of amides is 1. The highest BCUT2D eigenvalue weighted by Gasteiger charge is 2.12. The molecule has 0 atom stereocenters. The average molecular weight is 309 g/mol. The van der Waals surface area contributed by atoms with Crippen LogP contribution in [0.2, 0.25) is 0 Å². The molecule has 1 heterocycles. The second kappa shape index (κ2) is 7.07. The molecule has 0 saturated carbocycles. The second-order valence-corrected chi connectivity index (χ2v) is 5.20. The van der Waals surface area contributed by atoms with Crippen LogP contribution in [0.15, 0.2) is 29.4 Å². The Labute approximate surface area is 125 Å². The monoisotopic (exact) mass is 309 g/mol. The highest BCUT2D eigenvalue weighted by Crippen LogP contribution is 2.17. The smallest absolute Gasteiger partial charge is 0.227 e. The van der Waals surface area contributed by atoms with Gasteiger partial charge >= 0.3 is 0 Å². The predicted octanol–water partition coefficient (Wildman–Crippen LogP) is 1.63. The van der Waals surface area contributed by atoms with E-state index < -0.39 is 5.91 Å². The first-order valence-electron chi connectivity index (χ1n) is 6.42. The lowest BCUT2D eigenvalue weighted by molar-refractivity contribution is -0.115. The van der Waals surface area contributed by atoms with Gasteiger partial charge < -0.3 is 15.6 Å². The molecule has 1 aromatic carbocycles. The number of nitrogens with zero attached hydrogens (tertiary/aromatic N) is 3. The lowest BCUT2D eigenvalue weighted by Crippen LogP contribution is -2.14. The molecule has 0 unspecified atom stereocenters. The van der Waals surface area contributed by atoms with E-state index in [1.165, 1.54) is 23.9 Å². The summed E-state index contributed by atoms with van der Waals surface area (Å²) in [6.07, 6.45) is 0. The maximum absolute atomic E-state index is 12.8. The second-order valence-electron chi connectivity index (χ2n) is 4.26. The van der Waals surface area contributed by atoms with Gasteiger partial charge in [0, 0.05) is 12.2 Å². The SMILES string of the molecule is CCn1c(CNc2ccc(F)cc2)nnc1SCC(N)=O. The van der Waals surface area contributed by atoms with Crippen molar-refractivity contribution in [1.82, 2.24) is 14.8 Å². The van der Waals surface area contributed by atoms with Crippen LogP contribution in [0.4, 0.5) is 10.1 Å². The van der Waals surface area contributed by atoms with Crippen molar-refractivity contribution in [2.24, 2.45) is 5.73 Å². The zero-order chi connectivity index (χ0) is 15.2. The molecular weight excluding hydrogens is 293 g/mol. The molecule has 0 aliphatic carbocycles. The van der Waals surface area contributed by atoms with Gasteiger partial charge in [-0.3, -0.25) is 4.79 Å². The van der Waals surface area contributed by atoms with E-state index in [-0.39, 0.29) is 11.6 Å². The van der Waals surface area contributed by atoms with Crippen LogP contribution in [0.25, 0.3) is 0 Å². The van der Waals surface area contributed by atoms with E-state index in [0.717, 1.165) is 11.5 Å². The summed E-state index contributed by atoms with van der Waals surface area (Å²) in [5.74, 6) is 0.247. The highest BCUT2D eigenvalue weighted by molar-refractivity contribution is 7.99. The number of carbonyl (C=O) groups excluding carboxylic acids is 1. The number of benzene rings is 1. The molecule has 8 heteroatoms. The van der Waals surface area contributed by atoms with Crippen molar-refractivity contribution in [2.75, 3.05) is 11.1 Å². The Bertz CT molecular complexity index is 614. The Hall–Kier alpha value is -2.09. The summed E-state index contributed by atoms with van der Waals surface area (Å²) in [7, 11) is 0. The Kier molecular flexibility index (Phi) is 5.15. The van der Waals surface area contributed by atoms with Gasteiger partial charge in [0.25, 0.3) is 0 Å². The van der Waals surface area contributed by atoms with E-state index in [1.54, 1.807) is 12.1 Å². The van der Waals surface area contributed by atoms with Crippen LogP contribution < -0.4 is 11.1 Å². The molecule has 0 fully saturated rings. The normalized spacial score (nSPS) is 10.6. The molecule has 0 aliphatic heterocycles. The number of carbonyl (C=O) groups is 1. The van der Waals surface area contributed by atoms with Gasteiger partial charge in [-0.2, -0.15) is 0 Å². The molecule has 0 bridgehead atoms. The molecule has 6 nitrogen and oxygen atoms in total. The van der Waals surface area contributed by atoms with E-state index >= 15 is 0 Å². The third-order valence-corrected chi connectivity index (χ3v) is 3.74. The van der Waals surface area contributed by atoms with Crippen LogP contribution in [0.5, 0.6) is 0 Å². The zero-order valence-electron chi connectivity index (χ0n) is 11.5. The van der Waals surface area contributed by atoms with Gasteiger partial charge in [-0.15, -0.1) is 10.2 Å². The summed E-state index contributed by atoms with van der Waals surface area (Å²) in [5.41, 5.74) is 5.92. The first-order chi connectivity index (χ1) is 10.1. The van der Waals surface area contributed by atoms with E-state index in [9.17, 15) is 9.18 Å². The quantitative estimate of drug-likeness (QED) is 0.759. The van der Waals surface area contributed by atoms with Crippen LogP contribution in [-0.4, -0.2) is 26.4 Å². The van der Waals surface area contributed by atoms with Crippen LogP contribution in [0.1, 0.15) is 12.7 Å². The number of rotatable bonds is 7. The number of nitrogens with two attached hydrogens (primary N) is 1. The van der Waals surface area contributed by atoms with Crippen LogP contribution in [0.3, 0.4) is 0 Å². The van der Waals surface area contributed by atoms with Gasteiger partial charge in [0.1, 0.15) is 5.82 Å². The van der Waals surface area contributed by atoms with Crippen molar-refractivity contribution >= 4 is 23.4 Å². The fourth-order valence-electron chi connectivity index (χ4n) is 1.76. The largest absolute Gasteiger partial charge is 0.378 e. The summed E-state index contributed by atoms with van der Waals surface area (Å²) in [6.45, 7) is 3.12. The maximum Gasteiger partial charge on any atom is 0.227 e. The molecule has 2 aromatic rings. The fourth-order valence-corrected chi connectivity index (χ4v) is 2.52. The molecule has 2 rings (SSSR count). The number of anilines is 1. The van der Waals surface area contributed by atoms with Crippen molar-refractivity contribution in [3.05, 3.63) is 35.9 Å². The lowest BCUT2D eigenvalue weighted by Gasteiger charge is -2.08. The van der Waals surface area contributed by atoms with Gasteiger partial charge in [-0.25, -0.2) is 4.39 Å². The molecule has 112 valence electrons. The highest BCUT2D eigenvalue weighted by atomic mass is 32.2. The number of aromatic nitrogens is 3. The van der Waals surface area contributed by atoms with Crippen molar-refractivity contribution in [2.45, 2.75) is 25.2 Å². The minimum absolute atomic E-state index is 0.170. The minimum Gasteiger partial charge on any atom is -0.378 e. The van der Waals surface area contributed by atoms with Crippen molar-refractivity contribution in [3.8, 4) is 0 Å². The van der Waals surface area contributed by atoms with E-state index in [4.69, 9.17) is 5.73 Å². The van der Waals surface area contributed by atoms with Crippen molar-refractivity contribution < 1.29 is 9.18 Å². The number of halogens is 1. The first-order valence-corrected chi connectivity index (χ1v) is 7.41. The van der Waals surface area contributed by atoms with Gasteiger partial charge in [0.15, 0.2) is 11.0 Å². The van der Waals surface area contributed by atoms with Crippen molar-refractivity contribution in [3.63, 3.8) is 0 Å². The van der Waals surface area contributed by atoms with Gasteiger partial charge in [-0.05, 0) is 31.2 Å². The van der Waals surface area contributed by atoms with E-state index in [1.807, 2.05) is 11.5 Å². The summed E-state index contributed by atoms with van der Waals surface area (Å²) in [4.78, 5) is 10.8. The average Bonchev–Trinajstić information content (AvgIpc) is 2.86. The van der Waals surface area contributed by atoms with Crippen LogP contribution in [0, 0.1) is 5.82 Å². The number of hydrogen-bond donors (Lipinski definition) is 2. The topological polar surface area (TPSA) is 85.8 Å². The molecule has 0 aliphatic rings. The summed E-state index contributed by atoms with van der Waals surface area (Å²) < 4.78 is 14.7. The molecule has 21 heavy (non-hydrogen) atoms. The molecule has 1 aromatic heterocycles. The molecular formula is C13H16FN5OS.